The van der Waals surface area contributed by atoms with Crippen LogP contribution in [0.4, 0.5) is 17.1 Å². The molecule has 9 nitrogen and oxygen atoms in total. The van der Waals surface area contributed by atoms with E-state index in [1.807, 2.05) is 39.0 Å². The summed E-state index contributed by atoms with van der Waals surface area (Å²) >= 11 is 0. The van der Waals surface area contributed by atoms with Crippen molar-refractivity contribution in [2.24, 2.45) is 5.14 Å². The number of aryl methyl sites for hydroxylation is 2. The topological polar surface area (TPSA) is 133 Å². The Morgan fingerprint density at radius 1 is 1.11 bits per heavy atom. The minimum Gasteiger partial charge on any atom is -0.347 e. The highest BCUT2D eigenvalue weighted by Crippen LogP contribution is 2.31. The van der Waals surface area contributed by atoms with Crippen LogP contribution < -0.4 is 10.5 Å². The van der Waals surface area contributed by atoms with Gasteiger partial charge >= 0.3 is 0 Å². The first-order chi connectivity index (χ1) is 13.1. The van der Waals surface area contributed by atoms with Gasteiger partial charge in [0.25, 0.3) is 5.69 Å². The smallest absolute Gasteiger partial charge is 0.294 e. The summed E-state index contributed by atoms with van der Waals surface area (Å²) in [6.07, 6.45) is 1.56. The molecule has 0 aliphatic rings. The number of aromatic nitrogens is 2. The first-order valence-electron chi connectivity index (χ1n) is 8.28. The van der Waals surface area contributed by atoms with E-state index in [9.17, 15) is 18.5 Å². The summed E-state index contributed by atoms with van der Waals surface area (Å²) in [6, 6.07) is 9.47. The number of hydrogen-bond donors (Lipinski definition) is 2. The van der Waals surface area contributed by atoms with Crippen LogP contribution in [-0.4, -0.2) is 23.1 Å². The van der Waals surface area contributed by atoms with E-state index >= 15 is 0 Å². The third-order valence-corrected chi connectivity index (χ3v) is 5.28. The maximum Gasteiger partial charge on any atom is 0.294 e. The second-order valence-corrected chi connectivity index (χ2v) is 8.01. The van der Waals surface area contributed by atoms with Crippen molar-refractivity contribution in [3.8, 4) is 5.69 Å². The fourth-order valence-corrected chi connectivity index (χ4v) is 3.35. The van der Waals surface area contributed by atoms with Gasteiger partial charge in [-0.15, -0.1) is 0 Å². The third kappa shape index (κ3) is 3.73. The van der Waals surface area contributed by atoms with Crippen LogP contribution in [0.25, 0.3) is 5.69 Å². The first kappa shape index (κ1) is 19.5. The molecule has 10 heteroatoms. The Bertz CT molecular complexity index is 1180. The Labute approximate surface area is 162 Å². The minimum atomic E-state index is -4.05. The van der Waals surface area contributed by atoms with Gasteiger partial charge in [0.1, 0.15) is 5.69 Å². The molecule has 28 heavy (non-hydrogen) atoms. The second-order valence-electron chi connectivity index (χ2n) is 6.45. The summed E-state index contributed by atoms with van der Waals surface area (Å²) in [6.45, 7) is 5.79. The number of primary sulfonamides is 1. The third-order valence-electron chi connectivity index (χ3n) is 4.37. The Hall–Kier alpha value is -3.24. The zero-order chi connectivity index (χ0) is 20.6. The first-order valence-corrected chi connectivity index (χ1v) is 9.83. The number of anilines is 2. The Balaban J connectivity index is 2.03. The quantitative estimate of drug-likeness (QED) is 0.498. The van der Waals surface area contributed by atoms with Crippen LogP contribution in [0.2, 0.25) is 0 Å². The maximum absolute atomic E-state index is 11.5. The van der Waals surface area contributed by atoms with Crippen LogP contribution in [0, 0.1) is 30.9 Å². The van der Waals surface area contributed by atoms with Crippen LogP contribution in [-0.2, 0) is 10.0 Å². The molecule has 3 aromatic rings. The number of rotatable bonds is 5. The highest BCUT2D eigenvalue weighted by atomic mass is 32.2. The zero-order valence-corrected chi connectivity index (χ0v) is 16.3. The summed E-state index contributed by atoms with van der Waals surface area (Å²) in [7, 11) is -4.05. The van der Waals surface area contributed by atoms with Crippen LogP contribution in [0.1, 0.15) is 16.8 Å². The van der Waals surface area contributed by atoms with Crippen molar-refractivity contribution in [1.82, 2.24) is 9.78 Å². The van der Waals surface area contributed by atoms with Gasteiger partial charge in [0, 0.05) is 6.07 Å². The van der Waals surface area contributed by atoms with E-state index in [2.05, 4.69) is 10.4 Å². The Morgan fingerprint density at radius 3 is 2.46 bits per heavy atom. The van der Waals surface area contributed by atoms with Crippen molar-refractivity contribution in [3.05, 3.63) is 69.5 Å². The molecule has 1 aromatic heterocycles. The number of benzene rings is 2. The number of nitro benzene ring substituents is 1. The molecule has 146 valence electrons. The SMILES string of the molecule is Cc1ccc(C)c(-n2ncc(Nc3ccc(S(N)(=O)=O)cc3[N+](=O)[O-])c2C)c1. The Morgan fingerprint density at radius 2 is 1.82 bits per heavy atom. The van der Waals surface area contributed by atoms with Crippen molar-refractivity contribution in [2.45, 2.75) is 25.7 Å². The van der Waals surface area contributed by atoms with Crippen LogP contribution in [0.3, 0.4) is 0 Å². The summed E-state index contributed by atoms with van der Waals surface area (Å²) in [5, 5.41) is 23.8. The van der Waals surface area contributed by atoms with Gasteiger partial charge in [-0.05, 0) is 50.1 Å². The summed E-state index contributed by atoms with van der Waals surface area (Å²) in [4.78, 5) is 10.4. The molecular weight excluding hydrogens is 382 g/mol. The van der Waals surface area contributed by atoms with Crippen molar-refractivity contribution in [2.75, 3.05) is 5.32 Å². The van der Waals surface area contributed by atoms with Gasteiger partial charge in [-0.25, -0.2) is 18.2 Å². The average Bonchev–Trinajstić information content (AvgIpc) is 2.97. The van der Waals surface area contributed by atoms with Crippen molar-refractivity contribution in [3.63, 3.8) is 0 Å². The monoisotopic (exact) mass is 401 g/mol. The molecule has 0 saturated heterocycles. The number of sulfonamides is 1. The van der Waals surface area contributed by atoms with Gasteiger partial charge in [-0.1, -0.05) is 12.1 Å². The average molecular weight is 401 g/mol. The van der Waals surface area contributed by atoms with Gasteiger partial charge in [0.05, 0.1) is 33.1 Å². The molecule has 0 aliphatic heterocycles. The van der Waals surface area contributed by atoms with Crippen LogP contribution in [0.5, 0.6) is 0 Å². The standard InChI is InChI=1S/C18H19N5O4S/c1-11-4-5-12(2)17(8-11)22-13(3)16(10-20-22)21-15-7-6-14(28(19,26)27)9-18(15)23(24)25/h4-10,21H,1-3H3,(H2,19,26,27). The van der Waals surface area contributed by atoms with E-state index < -0.39 is 20.6 Å². The molecule has 0 aliphatic carbocycles. The fraction of sp³-hybridized carbons (Fsp3) is 0.167. The zero-order valence-electron chi connectivity index (χ0n) is 15.5. The van der Waals surface area contributed by atoms with Crippen molar-refractivity contribution >= 4 is 27.1 Å². The largest absolute Gasteiger partial charge is 0.347 e. The van der Waals surface area contributed by atoms with E-state index in [0.29, 0.717) is 5.69 Å². The lowest BCUT2D eigenvalue weighted by molar-refractivity contribution is -0.384. The predicted molar refractivity (Wildman–Crippen MR) is 106 cm³/mol. The molecule has 0 radical (unpaired) electrons. The molecule has 1 heterocycles. The van der Waals surface area contributed by atoms with E-state index in [4.69, 9.17) is 5.14 Å². The number of nitro groups is 1. The molecule has 2 aromatic carbocycles. The number of nitrogens with two attached hydrogens (primary N) is 1. The predicted octanol–water partition coefficient (Wildman–Crippen LogP) is 3.10. The molecule has 3 N–H and O–H groups in total. The van der Waals surface area contributed by atoms with Crippen LogP contribution in [0.15, 0.2) is 47.5 Å². The molecule has 0 amide bonds. The highest BCUT2D eigenvalue weighted by molar-refractivity contribution is 7.89. The van der Waals surface area contributed by atoms with Crippen molar-refractivity contribution in [1.29, 1.82) is 0 Å². The van der Waals surface area contributed by atoms with Crippen LogP contribution >= 0.6 is 0 Å². The Kier molecular flexibility index (Phi) is 4.92. The lowest BCUT2D eigenvalue weighted by Crippen LogP contribution is -2.12. The highest BCUT2D eigenvalue weighted by Gasteiger charge is 2.20. The lowest BCUT2D eigenvalue weighted by Gasteiger charge is -2.11. The molecule has 0 atom stereocenters. The molecule has 0 fully saturated rings. The normalized spacial score (nSPS) is 11.4. The molecule has 0 saturated carbocycles. The van der Waals surface area contributed by atoms with Gasteiger partial charge in [-0.2, -0.15) is 5.10 Å². The van der Waals surface area contributed by atoms with Gasteiger partial charge in [0.2, 0.25) is 10.0 Å². The number of hydrogen-bond acceptors (Lipinski definition) is 6. The second kappa shape index (κ2) is 7.06. The molecule has 0 unspecified atom stereocenters. The summed E-state index contributed by atoms with van der Waals surface area (Å²) < 4.78 is 24.7. The minimum absolute atomic E-state index is 0.140. The van der Waals surface area contributed by atoms with Gasteiger partial charge < -0.3 is 5.32 Å². The molecule has 0 spiro atoms. The van der Waals surface area contributed by atoms with E-state index in [1.54, 1.807) is 10.9 Å². The molecule has 0 bridgehead atoms. The van der Waals surface area contributed by atoms with E-state index in [0.717, 1.165) is 28.6 Å². The van der Waals surface area contributed by atoms with E-state index in [-0.39, 0.29) is 10.6 Å². The molecular formula is C18H19N5O4S. The van der Waals surface area contributed by atoms with Gasteiger partial charge in [0.15, 0.2) is 0 Å². The van der Waals surface area contributed by atoms with Gasteiger partial charge in [-0.3, -0.25) is 10.1 Å². The fourth-order valence-electron chi connectivity index (χ4n) is 2.81. The van der Waals surface area contributed by atoms with Crippen molar-refractivity contribution < 1.29 is 13.3 Å². The maximum atomic E-state index is 11.5. The van der Waals surface area contributed by atoms with E-state index in [1.165, 1.54) is 12.1 Å². The summed E-state index contributed by atoms with van der Waals surface area (Å²) in [5.41, 5.74) is 4.08. The summed E-state index contributed by atoms with van der Waals surface area (Å²) in [5.74, 6) is 0. The number of nitrogens with zero attached hydrogens (tertiary/aromatic N) is 3. The number of nitrogens with one attached hydrogen (secondary N) is 1. The molecule has 3 rings (SSSR count). The lowest BCUT2D eigenvalue weighted by atomic mass is 10.1.